The van der Waals surface area contributed by atoms with Gasteiger partial charge in [-0.05, 0) is 35.0 Å². The number of hydrogen-bond acceptors (Lipinski definition) is 4. The van der Waals surface area contributed by atoms with Crippen LogP contribution >= 0.6 is 0 Å². The molecule has 9 heteroatoms. The molecule has 29 heavy (non-hydrogen) atoms. The molecule has 2 N–H and O–H groups in total. The van der Waals surface area contributed by atoms with Gasteiger partial charge in [0.1, 0.15) is 5.69 Å². The molecule has 0 aliphatic heterocycles. The van der Waals surface area contributed by atoms with Gasteiger partial charge in [-0.1, -0.05) is 19.1 Å². The Morgan fingerprint density at radius 2 is 1.83 bits per heavy atom. The van der Waals surface area contributed by atoms with E-state index in [0.29, 0.717) is 16.8 Å². The molecule has 2 heterocycles. The number of pyridine rings is 2. The quantitative estimate of drug-likeness (QED) is 0.453. The van der Waals surface area contributed by atoms with Crippen LogP contribution in [0.3, 0.4) is 0 Å². The predicted molar refractivity (Wildman–Crippen MR) is 95.4 cm³/mol. The average molecular weight is 584 g/mol. The number of aromatic carboxylic acids is 1. The van der Waals surface area contributed by atoms with Gasteiger partial charge in [0.15, 0.2) is 0 Å². The molecule has 0 amide bonds. The minimum absolute atomic E-state index is 0. The largest absolute Gasteiger partial charge is 0.477 e. The molecule has 3 rings (SSSR count). The fourth-order valence-electron chi connectivity index (χ4n) is 2.21. The SMILES string of the molecule is Cc1cc(-c2cc(CO)ccn2)[c-]c(C(F)(F)F)c1.O=C(O)c1ccccn1.[Pt]. The monoisotopic (exact) mass is 584 g/mol. The Hall–Kier alpha value is -2.57. The zero-order chi connectivity index (χ0) is 20.7. The molecular weight excluding hydrogens is 568 g/mol. The summed E-state index contributed by atoms with van der Waals surface area (Å²) >= 11 is 0. The van der Waals surface area contributed by atoms with Crippen molar-refractivity contribution in [1.29, 1.82) is 0 Å². The molecule has 0 aliphatic carbocycles. The van der Waals surface area contributed by atoms with E-state index in [4.69, 9.17) is 10.2 Å². The minimum Gasteiger partial charge on any atom is -0.477 e. The first-order chi connectivity index (χ1) is 13.2. The molecule has 0 radical (unpaired) electrons. The van der Waals surface area contributed by atoms with Crippen LogP contribution in [0.1, 0.15) is 27.2 Å². The number of carboxylic acids is 1. The standard InChI is InChI=1S/C14H11F3NO.C6H5NO2.Pt/c1-9-4-11(7-12(5-9)14(15,16)17)13-6-10(8-19)2-3-18-13;8-6(9)5-3-1-2-4-7-5;/h2-6,19H,8H2,1H3;1-4H,(H,8,9);/q-1;;. The van der Waals surface area contributed by atoms with Crippen LogP contribution in [0, 0.1) is 13.0 Å². The third kappa shape index (κ3) is 7.40. The number of benzene rings is 1. The number of carbonyl (C=O) groups is 1. The molecular formula is C20H16F3N2O3Pt-. The van der Waals surface area contributed by atoms with Crippen molar-refractivity contribution in [1.82, 2.24) is 9.97 Å². The topological polar surface area (TPSA) is 83.3 Å². The van der Waals surface area contributed by atoms with Crippen molar-refractivity contribution in [3.05, 3.63) is 83.3 Å². The molecule has 0 atom stereocenters. The fraction of sp³-hybridized carbons (Fsp3) is 0.150. The van der Waals surface area contributed by atoms with Gasteiger partial charge in [0.05, 0.1) is 6.61 Å². The fourth-order valence-corrected chi connectivity index (χ4v) is 2.21. The number of nitrogens with zero attached hydrogens (tertiary/aromatic N) is 2. The van der Waals surface area contributed by atoms with Crippen molar-refractivity contribution < 1.29 is 49.2 Å². The maximum absolute atomic E-state index is 12.7. The molecule has 0 spiro atoms. The molecule has 0 saturated heterocycles. The Morgan fingerprint density at radius 3 is 2.34 bits per heavy atom. The summed E-state index contributed by atoms with van der Waals surface area (Å²) in [7, 11) is 0. The Morgan fingerprint density at radius 1 is 1.10 bits per heavy atom. The van der Waals surface area contributed by atoms with Gasteiger partial charge in [0, 0.05) is 33.5 Å². The van der Waals surface area contributed by atoms with Crippen LogP contribution < -0.4 is 0 Å². The molecule has 0 bridgehead atoms. The number of alkyl halides is 3. The van der Waals surface area contributed by atoms with E-state index in [1.165, 1.54) is 18.5 Å². The summed E-state index contributed by atoms with van der Waals surface area (Å²) in [6.07, 6.45) is -1.54. The third-order valence-electron chi connectivity index (χ3n) is 3.49. The van der Waals surface area contributed by atoms with E-state index in [1.54, 1.807) is 37.3 Å². The van der Waals surface area contributed by atoms with Crippen molar-refractivity contribution in [3.8, 4) is 11.3 Å². The number of aromatic nitrogens is 2. The summed E-state index contributed by atoms with van der Waals surface area (Å²) in [6.45, 7) is 1.40. The van der Waals surface area contributed by atoms with Gasteiger partial charge in [0.25, 0.3) is 0 Å². The van der Waals surface area contributed by atoms with Crippen molar-refractivity contribution in [2.45, 2.75) is 19.7 Å². The molecule has 5 nitrogen and oxygen atoms in total. The Bertz CT molecular complexity index is 951. The Balaban J connectivity index is 0.000000355. The van der Waals surface area contributed by atoms with E-state index < -0.39 is 17.7 Å². The molecule has 156 valence electrons. The van der Waals surface area contributed by atoms with Crippen LogP contribution in [-0.2, 0) is 33.8 Å². The molecule has 0 saturated carbocycles. The van der Waals surface area contributed by atoms with E-state index in [1.807, 2.05) is 0 Å². The van der Waals surface area contributed by atoms with Crippen LogP contribution in [0.25, 0.3) is 11.3 Å². The minimum atomic E-state index is -4.44. The summed E-state index contributed by atoms with van der Waals surface area (Å²) in [6, 6.07) is 12.9. The predicted octanol–water partition coefficient (Wildman–Crippen LogP) is 4.15. The molecule has 1 aromatic carbocycles. The van der Waals surface area contributed by atoms with E-state index in [2.05, 4.69) is 16.0 Å². The normalized spacial score (nSPS) is 10.4. The van der Waals surface area contributed by atoms with E-state index in [0.717, 1.165) is 6.07 Å². The molecule has 0 fully saturated rings. The second-order valence-electron chi connectivity index (χ2n) is 5.71. The van der Waals surface area contributed by atoms with Crippen LogP contribution in [-0.4, -0.2) is 26.2 Å². The maximum atomic E-state index is 12.7. The Labute approximate surface area is 179 Å². The number of aryl methyl sites for hydroxylation is 1. The van der Waals surface area contributed by atoms with Crippen molar-refractivity contribution in [2.24, 2.45) is 0 Å². The summed E-state index contributed by atoms with van der Waals surface area (Å²) < 4.78 is 38.2. The van der Waals surface area contributed by atoms with Crippen molar-refractivity contribution in [2.75, 3.05) is 0 Å². The summed E-state index contributed by atoms with van der Waals surface area (Å²) in [5.74, 6) is -0.990. The number of halogens is 3. The van der Waals surface area contributed by atoms with E-state index in [-0.39, 0.29) is 38.9 Å². The average Bonchev–Trinajstić information content (AvgIpc) is 2.68. The first-order valence-corrected chi connectivity index (χ1v) is 8.02. The van der Waals surface area contributed by atoms with Gasteiger partial charge in [0.2, 0.25) is 0 Å². The van der Waals surface area contributed by atoms with Crippen LogP contribution in [0.4, 0.5) is 13.2 Å². The van der Waals surface area contributed by atoms with Crippen molar-refractivity contribution in [3.63, 3.8) is 0 Å². The molecule has 2 aromatic heterocycles. The van der Waals surface area contributed by atoms with Gasteiger partial charge in [-0.2, -0.15) is 13.2 Å². The number of carboxylic acid groups (broad SMARTS) is 1. The van der Waals surface area contributed by atoms with Crippen LogP contribution in [0.15, 0.2) is 54.9 Å². The number of hydrogen-bond donors (Lipinski definition) is 2. The number of rotatable bonds is 3. The van der Waals surface area contributed by atoms with Gasteiger partial charge < -0.3 is 15.2 Å². The molecule has 0 unspecified atom stereocenters. The first kappa shape index (κ1) is 24.5. The summed E-state index contributed by atoms with van der Waals surface area (Å²) in [5.41, 5.74) is 0.963. The maximum Gasteiger partial charge on any atom is 0.399 e. The number of aliphatic hydroxyl groups is 1. The smallest absolute Gasteiger partial charge is 0.399 e. The van der Waals surface area contributed by atoms with E-state index >= 15 is 0 Å². The second kappa shape index (κ2) is 10.8. The van der Waals surface area contributed by atoms with Crippen LogP contribution in [0.5, 0.6) is 0 Å². The zero-order valence-electron chi connectivity index (χ0n) is 15.1. The van der Waals surface area contributed by atoms with Gasteiger partial charge >= 0.3 is 12.1 Å². The molecule has 3 aromatic rings. The summed E-state index contributed by atoms with van der Waals surface area (Å²) in [5, 5.41) is 17.4. The van der Waals surface area contributed by atoms with Gasteiger partial charge in [-0.3, -0.25) is 0 Å². The Kier molecular flexibility index (Phi) is 9.14. The van der Waals surface area contributed by atoms with Crippen LogP contribution in [0.2, 0.25) is 0 Å². The zero-order valence-corrected chi connectivity index (χ0v) is 17.3. The summed E-state index contributed by atoms with van der Waals surface area (Å²) in [4.78, 5) is 17.7. The van der Waals surface area contributed by atoms with E-state index in [9.17, 15) is 18.0 Å². The first-order valence-electron chi connectivity index (χ1n) is 8.02. The van der Waals surface area contributed by atoms with Crippen molar-refractivity contribution >= 4 is 5.97 Å². The second-order valence-corrected chi connectivity index (χ2v) is 5.71. The van der Waals surface area contributed by atoms with Gasteiger partial charge in [-0.25, -0.2) is 9.78 Å². The van der Waals surface area contributed by atoms with Gasteiger partial charge in [-0.15, -0.1) is 29.3 Å². The number of aliphatic hydroxyl groups excluding tert-OH is 1. The molecule has 0 aliphatic rings. The third-order valence-corrected chi connectivity index (χ3v) is 3.49.